The average molecular weight is 511 g/mol. The number of aromatic nitrogens is 2. The third-order valence-electron chi connectivity index (χ3n) is 5.69. The van der Waals surface area contributed by atoms with Gasteiger partial charge in [0.25, 0.3) is 0 Å². The second kappa shape index (κ2) is 11.2. The van der Waals surface area contributed by atoms with Crippen molar-refractivity contribution in [3.63, 3.8) is 0 Å². The molecule has 0 atom stereocenters. The molecule has 3 aromatic carbocycles. The zero-order valence-corrected chi connectivity index (χ0v) is 22.5. The number of fused-ring (bicyclic) bond motifs is 2. The van der Waals surface area contributed by atoms with E-state index in [4.69, 9.17) is 14.2 Å². The Morgan fingerprint density at radius 3 is 2.44 bits per heavy atom. The molecule has 0 fully saturated rings. The van der Waals surface area contributed by atoms with Gasteiger partial charge < -0.3 is 24.1 Å². The molecule has 0 amide bonds. The Labute approximate surface area is 233 Å². The van der Waals surface area contributed by atoms with Crippen LogP contribution in [0.4, 0.5) is 0 Å². The molecule has 0 saturated heterocycles. The summed E-state index contributed by atoms with van der Waals surface area (Å²) >= 11 is 1.03. The Hall–Kier alpha value is -3.24. The number of hydrogen-bond acceptors (Lipinski definition) is 9. The molecular weight excluding hydrogens is 491 g/mol. The largest absolute Gasteiger partial charge is 1.00 e. The van der Waals surface area contributed by atoms with Crippen molar-refractivity contribution in [2.75, 3.05) is 20.3 Å². The number of Topliss-reactive ketones (excluding diaryl/α,β-unsaturated/α-hetero) is 1. The van der Waals surface area contributed by atoms with E-state index in [1.165, 1.54) is 7.11 Å². The van der Waals surface area contributed by atoms with Crippen molar-refractivity contribution < 1.29 is 58.5 Å². The molecule has 0 bridgehead atoms. The molecule has 1 aliphatic heterocycles. The third-order valence-corrected chi connectivity index (χ3v) is 6.24. The maximum absolute atomic E-state index is 13.9. The molecule has 0 unspecified atom stereocenters. The van der Waals surface area contributed by atoms with E-state index in [0.717, 1.165) is 11.7 Å². The first-order valence-electron chi connectivity index (χ1n) is 10.8. The monoisotopic (exact) mass is 510 g/mol. The predicted molar refractivity (Wildman–Crippen MR) is 128 cm³/mol. The number of aliphatic carboxylic acids is 1. The Kier molecular flexibility index (Phi) is 8.05. The minimum Gasteiger partial charge on any atom is -0.545 e. The molecule has 36 heavy (non-hydrogen) atoms. The molecule has 0 saturated carbocycles. The van der Waals surface area contributed by atoms with E-state index in [9.17, 15) is 14.7 Å². The summed E-state index contributed by atoms with van der Waals surface area (Å²) in [5, 5.41) is 12.5. The van der Waals surface area contributed by atoms with Gasteiger partial charge in [-0.25, -0.2) is 0 Å². The summed E-state index contributed by atoms with van der Waals surface area (Å²) in [5.41, 5.74) is 2.25. The van der Waals surface area contributed by atoms with E-state index in [1.54, 1.807) is 60.7 Å². The summed E-state index contributed by atoms with van der Waals surface area (Å²) in [7, 11) is 1.52. The summed E-state index contributed by atoms with van der Waals surface area (Å²) in [6.45, 7) is 0.780. The minimum atomic E-state index is -1.47. The van der Waals surface area contributed by atoms with Crippen LogP contribution in [0.2, 0.25) is 0 Å². The molecule has 0 radical (unpaired) electrons. The van der Waals surface area contributed by atoms with Crippen molar-refractivity contribution in [3.05, 3.63) is 82.9 Å². The number of carboxylic acid groups (broad SMARTS) is 1. The molecule has 8 nitrogen and oxygen atoms in total. The molecule has 1 aliphatic rings. The van der Waals surface area contributed by atoms with Crippen LogP contribution in [0, 0.1) is 0 Å². The van der Waals surface area contributed by atoms with Crippen LogP contribution in [0.25, 0.3) is 16.6 Å². The van der Waals surface area contributed by atoms with Gasteiger partial charge in [0, 0.05) is 23.1 Å². The molecule has 176 valence electrons. The Morgan fingerprint density at radius 2 is 1.67 bits per heavy atom. The molecule has 4 aromatic rings. The van der Waals surface area contributed by atoms with Gasteiger partial charge in [0.2, 0.25) is 0 Å². The Balaban J connectivity index is 0.00000304. The van der Waals surface area contributed by atoms with Gasteiger partial charge in [0.1, 0.15) is 30.0 Å². The summed E-state index contributed by atoms with van der Waals surface area (Å²) in [6.07, 6.45) is 0.00789. The van der Waals surface area contributed by atoms with Crippen LogP contribution >= 0.6 is 11.7 Å². The number of allylic oxidation sites excluding steroid dienone is 1. The number of ether oxygens (including phenoxy) is 3. The van der Waals surface area contributed by atoms with Crippen LogP contribution in [-0.2, 0) is 11.2 Å². The summed E-state index contributed by atoms with van der Waals surface area (Å²) in [5.74, 6) is -0.433. The van der Waals surface area contributed by atoms with Crippen molar-refractivity contribution in [2.45, 2.75) is 6.42 Å². The second-order valence-electron chi connectivity index (χ2n) is 7.78. The molecule has 5 rings (SSSR count). The Morgan fingerprint density at radius 1 is 0.944 bits per heavy atom. The smallest absolute Gasteiger partial charge is 0.545 e. The van der Waals surface area contributed by atoms with Gasteiger partial charge in [-0.2, -0.15) is 8.75 Å². The number of carbonyl (C=O) groups excluding carboxylic acids is 2. The molecular formula is C26H19N2NaO6S. The fraction of sp³-hybridized carbons (Fsp3) is 0.154. The van der Waals surface area contributed by atoms with Crippen molar-refractivity contribution in [3.8, 4) is 17.2 Å². The minimum absolute atomic E-state index is 0. The van der Waals surface area contributed by atoms with Crippen molar-refractivity contribution in [1.29, 1.82) is 0 Å². The van der Waals surface area contributed by atoms with Crippen molar-refractivity contribution in [2.24, 2.45) is 0 Å². The van der Waals surface area contributed by atoms with Crippen LogP contribution in [0.3, 0.4) is 0 Å². The van der Waals surface area contributed by atoms with E-state index in [-0.39, 0.29) is 52.7 Å². The van der Waals surface area contributed by atoms with Gasteiger partial charge in [0.15, 0.2) is 17.3 Å². The summed E-state index contributed by atoms with van der Waals surface area (Å²) in [6, 6.07) is 16.8. The van der Waals surface area contributed by atoms with Crippen LogP contribution in [0.5, 0.6) is 17.2 Å². The maximum Gasteiger partial charge on any atom is 1.00 e. The molecule has 0 aliphatic carbocycles. The van der Waals surface area contributed by atoms with Crippen LogP contribution < -0.4 is 48.9 Å². The normalized spacial score (nSPS) is 12.9. The average Bonchev–Trinajstić information content (AvgIpc) is 3.36. The van der Waals surface area contributed by atoms with Gasteiger partial charge in [-0.3, -0.25) is 4.79 Å². The molecule has 1 aromatic heterocycles. The van der Waals surface area contributed by atoms with Gasteiger partial charge in [0.05, 0.1) is 24.8 Å². The first-order valence-corrected chi connectivity index (χ1v) is 11.5. The van der Waals surface area contributed by atoms with Gasteiger partial charge in [-0.15, -0.1) is 0 Å². The first-order chi connectivity index (χ1) is 17.0. The van der Waals surface area contributed by atoms with E-state index in [2.05, 4.69) is 8.75 Å². The number of nitrogens with zero attached hydrogens (tertiary/aromatic N) is 2. The number of methoxy groups -OCH3 is 1. The van der Waals surface area contributed by atoms with E-state index < -0.39 is 11.8 Å². The Bertz CT molecular complexity index is 1480. The van der Waals surface area contributed by atoms with Crippen molar-refractivity contribution >= 4 is 40.1 Å². The van der Waals surface area contributed by atoms with Gasteiger partial charge in [-0.05, 0) is 47.5 Å². The molecule has 2 heterocycles. The van der Waals surface area contributed by atoms with Gasteiger partial charge >= 0.3 is 29.6 Å². The summed E-state index contributed by atoms with van der Waals surface area (Å²) in [4.78, 5) is 26.4. The van der Waals surface area contributed by atoms with Gasteiger partial charge in [-0.1, -0.05) is 24.3 Å². The molecule has 0 N–H and O–H groups in total. The van der Waals surface area contributed by atoms with Crippen molar-refractivity contribution in [1.82, 2.24) is 8.75 Å². The summed E-state index contributed by atoms with van der Waals surface area (Å²) < 4.78 is 25.0. The molecule has 10 heteroatoms. The van der Waals surface area contributed by atoms with E-state index in [0.29, 0.717) is 52.6 Å². The first kappa shape index (κ1) is 25.8. The van der Waals surface area contributed by atoms with E-state index in [1.807, 2.05) is 0 Å². The number of hydrogen-bond donors (Lipinski definition) is 0. The number of benzene rings is 3. The topological polar surface area (TPSA) is 111 Å². The second-order valence-corrected chi connectivity index (χ2v) is 8.31. The number of ketones is 1. The third kappa shape index (κ3) is 5.15. The van der Waals surface area contributed by atoms with Crippen LogP contribution in [-0.4, -0.2) is 40.8 Å². The number of carboxylic acids is 1. The van der Waals surface area contributed by atoms with E-state index >= 15 is 0 Å². The SMILES string of the molecule is COc1ccccc1C/C(C(=O)c1ccc2c(c1)OCCO2)=C(\C(=O)[O-])c1ccc2nsnc2c1.[Na+]. The number of para-hydroxylation sites is 1. The fourth-order valence-corrected chi connectivity index (χ4v) is 4.55. The standard InChI is InChI=1S/C26H20N2O6S.Na/c1-32-21-5-3-2-4-15(21)12-18(25(29)17-7-9-22-23(14-17)34-11-10-33-22)24(26(30)31)16-6-8-19-20(13-16)28-35-27-19;/h2-9,13-14H,10-12H2,1H3,(H,30,31);/q;+1/p-1/b24-18+;. The predicted octanol–water partition coefficient (Wildman–Crippen LogP) is 0.104. The number of rotatable bonds is 7. The quantitative estimate of drug-likeness (QED) is 0.196. The van der Waals surface area contributed by atoms with Crippen LogP contribution in [0.15, 0.2) is 66.2 Å². The number of carbonyl (C=O) groups is 2. The zero-order valence-electron chi connectivity index (χ0n) is 19.6. The molecule has 0 spiro atoms. The van der Waals surface area contributed by atoms with Crippen LogP contribution in [0.1, 0.15) is 21.5 Å². The fourth-order valence-electron chi connectivity index (χ4n) is 4.03. The maximum atomic E-state index is 13.9. The zero-order chi connectivity index (χ0) is 24.4.